The highest BCUT2D eigenvalue weighted by Gasteiger charge is 2.63. The number of rotatable bonds is 9. The molecular weight excluding hydrogens is 844 g/mol. The lowest BCUT2D eigenvalue weighted by Crippen LogP contribution is -2.57. The number of nitrogens with two attached hydrogens (primary N) is 1. The Bertz CT molecular complexity index is 2060. The highest BCUT2D eigenvalue weighted by atomic mass is 32.2. The van der Waals surface area contributed by atoms with Gasteiger partial charge in [0.1, 0.15) is 17.7 Å². The van der Waals surface area contributed by atoms with Gasteiger partial charge < -0.3 is 30.2 Å². The number of alkyl halides is 3. The van der Waals surface area contributed by atoms with Crippen LogP contribution in [0.2, 0.25) is 0 Å². The number of fused-ring (bicyclic) bond motifs is 3. The zero-order valence-corrected chi connectivity index (χ0v) is 39.2. The van der Waals surface area contributed by atoms with Crippen molar-refractivity contribution in [3.05, 3.63) is 42.5 Å². The summed E-state index contributed by atoms with van der Waals surface area (Å²) in [6.07, 6.45) is 2.13. The van der Waals surface area contributed by atoms with E-state index in [1.807, 2.05) is 77.1 Å². The Kier molecular flexibility index (Phi) is 18.3. The van der Waals surface area contributed by atoms with Gasteiger partial charge in [0, 0.05) is 34.5 Å². The molecule has 1 aromatic carbocycles. The van der Waals surface area contributed by atoms with Gasteiger partial charge in [-0.15, -0.1) is 0 Å². The highest BCUT2D eigenvalue weighted by molar-refractivity contribution is 7.91. The third-order valence-electron chi connectivity index (χ3n) is 11.7. The Balaban J connectivity index is 0.00000205. The fourth-order valence-electron chi connectivity index (χ4n) is 7.83. The van der Waals surface area contributed by atoms with Crippen LogP contribution in [0, 0.1) is 17.8 Å². The second kappa shape index (κ2) is 21.8. The van der Waals surface area contributed by atoms with E-state index in [9.17, 15) is 40.8 Å². The van der Waals surface area contributed by atoms with Crippen molar-refractivity contribution in [2.45, 2.75) is 161 Å². The zero-order valence-electron chi connectivity index (χ0n) is 38.4. The molecule has 1 aromatic heterocycles. The molecule has 3 heterocycles. The van der Waals surface area contributed by atoms with Crippen molar-refractivity contribution in [3.8, 4) is 11.8 Å². The molecule has 3 fully saturated rings. The standard InChI is InChI=1S/C36H48N4O7S.C5H8F3NO2.2C2H6.3H2/c1-5-35(15-16-35)48(44,45)39-34(43)36-21-26(36)13-9-7-11-23(3)17-24(4)18-31(41)40-22-27(20-29(40)32(42)38-36)47-33-28-14-10-8-12-25(28)19-30(37-33)46-6-2;1-4(2,5(6,7)8)11-3(9)10;2*1-2;;;/h8-10,12-14,19,23-24,26-27,29H,5-7,11,15-18,20-22H2,1-4H3,(H,38,42)(H,39,43);1-2H3,(H2,9,10);2*1-2H3;3*1H/b13-9-;;;;;;/t23-,24-,26-,27-,29+,36-;;;;;;/m1....../s1. The maximum Gasteiger partial charge on any atom is 0.427 e. The number of halogens is 3. The monoisotopic (exact) mass is 918 g/mol. The predicted octanol–water partition coefficient (Wildman–Crippen LogP) is 8.86. The van der Waals surface area contributed by atoms with Crippen molar-refractivity contribution < 1.29 is 59.3 Å². The van der Waals surface area contributed by atoms with Crippen LogP contribution in [-0.4, -0.2) is 89.5 Å². The second-order valence-corrected chi connectivity index (χ2v) is 18.9. The van der Waals surface area contributed by atoms with Gasteiger partial charge in [-0.25, -0.2) is 13.2 Å². The number of benzene rings is 1. The number of carbonyl (C=O) groups excluding carboxylic acids is 4. The number of carbonyl (C=O) groups is 4. The van der Waals surface area contributed by atoms with Crippen molar-refractivity contribution in [1.82, 2.24) is 19.9 Å². The van der Waals surface area contributed by atoms with Crippen LogP contribution in [0.3, 0.4) is 0 Å². The molecule has 6 atom stereocenters. The van der Waals surface area contributed by atoms with Crippen LogP contribution in [0.5, 0.6) is 11.8 Å². The first-order chi connectivity index (χ1) is 29.6. The average Bonchev–Trinajstić information content (AvgIpc) is 4.12. The number of pyridine rings is 1. The number of ether oxygens (including phenoxy) is 3. The topological polar surface area (TPSA) is 196 Å². The molecule has 4 amide bonds. The second-order valence-electron chi connectivity index (χ2n) is 16.8. The third kappa shape index (κ3) is 13.0. The number of amides is 4. The Morgan fingerprint density at radius 2 is 1.70 bits per heavy atom. The van der Waals surface area contributed by atoms with Gasteiger partial charge >= 0.3 is 12.3 Å². The molecule has 1 saturated heterocycles. The summed E-state index contributed by atoms with van der Waals surface area (Å²) >= 11 is 0. The van der Waals surface area contributed by atoms with Crippen molar-refractivity contribution in [1.29, 1.82) is 0 Å². The van der Waals surface area contributed by atoms with E-state index < -0.39 is 62.1 Å². The first-order valence-electron chi connectivity index (χ1n) is 22.2. The van der Waals surface area contributed by atoms with Gasteiger partial charge in [-0.2, -0.15) is 18.2 Å². The summed E-state index contributed by atoms with van der Waals surface area (Å²) in [6, 6.07) is 8.61. The number of sulfonamides is 1. The number of primary amides is 1. The number of allylic oxidation sites excluding steroid dienone is 1. The fourth-order valence-corrected chi connectivity index (χ4v) is 9.49. The molecule has 6 rings (SSSR count). The fraction of sp³-hybridized carbons (Fsp3) is 0.667. The maximum absolute atomic E-state index is 14.2. The molecule has 4 N–H and O–H groups in total. The minimum Gasteiger partial charge on any atom is -0.478 e. The molecule has 2 aliphatic carbocycles. The summed E-state index contributed by atoms with van der Waals surface area (Å²) in [5.74, 6) is -0.451. The molecule has 14 nitrogen and oxygen atoms in total. The number of nitrogens with zero attached hydrogens (tertiary/aromatic N) is 2. The number of nitrogens with one attached hydrogen (secondary N) is 2. The summed E-state index contributed by atoms with van der Waals surface area (Å²) in [6.45, 7) is 18.0. The molecule has 0 spiro atoms. The van der Waals surface area contributed by atoms with Crippen LogP contribution >= 0.6 is 0 Å². The van der Waals surface area contributed by atoms with Gasteiger partial charge in [-0.3, -0.25) is 19.1 Å². The van der Waals surface area contributed by atoms with E-state index in [-0.39, 0.29) is 47.8 Å². The number of hydrogen-bond acceptors (Lipinski definition) is 10. The van der Waals surface area contributed by atoms with Crippen molar-refractivity contribution in [3.63, 3.8) is 0 Å². The Labute approximate surface area is 375 Å². The molecule has 2 aromatic rings. The average molecular weight is 918 g/mol. The van der Waals surface area contributed by atoms with Gasteiger partial charge in [0.15, 0.2) is 0 Å². The summed E-state index contributed by atoms with van der Waals surface area (Å²) in [5.41, 5.74) is 0.483. The summed E-state index contributed by atoms with van der Waals surface area (Å²) in [4.78, 5) is 58.0. The number of hydrogen-bond donors (Lipinski definition) is 3. The Hall–Kier alpha value is -4.61. The van der Waals surface area contributed by atoms with E-state index in [1.54, 1.807) is 11.8 Å². The summed E-state index contributed by atoms with van der Waals surface area (Å²) in [5, 5.41) is 4.63. The van der Waals surface area contributed by atoms with E-state index in [2.05, 4.69) is 39.3 Å². The smallest absolute Gasteiger partial charge is 0.427 e. The lowest BCUT2D eigenvalue weighted by atomic mass is 9.91. The molecule has 4 aliphatic rings. The van der Waals surface area contributed by atoms with Crippen LogP contribution in [0.4, 0.5) is 18.0 Å². The van der Waals surface area contributed by atoms with E-state index in [0.717, 1.165) is 43.9 Å². The third-order valence-corrected chi connectivity index (χ3v) is 14.0. The molecule has 2 saturated carbocycles. The molecule has 2 aliphatic heterocycles. The van der Waals surface area contributed by atoms with Crippen LogP contribution in [-0.2, 0) is 29.1 Å². The van der Waals surface area contributed by atoms with Crippen molar-refractivity contribution in [2.75, 3.05) is 13.2 Å². The lowest BCUT2D eigenvalue weighted by Gasteiger charge is -2.28. The SMILES string of the molecule is CC.CC.CC(C)(OC(N)=O)C(F)(F)F.CCOc1cc2ccccc2c(O[C@@H]2C[C@H]3C(=O)N[C@]4(C(=O)NS(=O)(=O)C5(CC)CC5)C[C@H]4/C=C\CC[C@@H](C)C[C@@H](C)CC(=O)N3C2)n1.[HH].[HH].[HH]. The molecule has 63 heavy (non-hydrogen) atoms. The predicted molar refractivity (Wildman–Crippen MR) is 242 cm³/mol. The molecule has 0 unspecified atom stereocenters. The van der Waals surface area contributed by atoms with Crippen LogP contribution in [0.25, 0.3) is 10.8 Å². The van der Waals surface area contributed by atoms with Gasteiger partial charge in [-0.05, 0) is 89.0 Å². The molecule has 360 valence electrons. The number of aromatic nitrogens is 1. The van der Waals surface area contributed by atoms with Gasteiger partial charge in [0.2, 0.25) is 39.2 Å². The Morgan fingerprint density at radius 3 is 2.27 bits per heavy atom. The van der Waals surface area contributed by atoms with Crippen LogP contribution in [0.15, 0.2) is 42.5 Å². The van der Waals surface area contributed by atoms with Gasteiger partial charge in [-0.1, -0.05) is 78.8 Å². The van der Waals surface area contributed by atoms with E-state index in [4.69, 9.17) is 9.47 Å². The molecule has 18 heteroatoms. The van der Waals surface area contributed by atoms with Crippen molar-refractivity contribution >= 4 is 44.6 Å². The largest absolute Gasteiger partial charge is 0.478 e. The summed E-state index contributed by atoms with van der Waals surface area (Å²) in [7, 11) is -3.93. The molecule has 0 radical (unpaired) electrons. The quantitative estimate of drug-likeness (QED) is 0.204. The first-order valence-corrected chi connectivity index (χ1v) is 23.6. The molecule has 0 bridgehead atoms. The minimum absolute atomic E-state index is 0. The minimum atomic E-state index is -4.60. The van der Waals surface area contributed by atoms with Crippen molar-refractivity contribution in [2.24, 2.45) is 23.5 Å². The normalized spacial score (nSPS) is 26.0. The van der Waals surface area contributed by atoms with Gasteiger partial charge in [0.25, 0.3) is 5.91 Å². The zero-order chi connectivity index (χ0) is 47.6. The maximum atomic E-state index is 14.2. The summed E-state index contributed by atoms with van der Waals surface area (Å²) < 4.78 is 79.5. The molecular formula is C45H74F3N5O9S. The highest BCUT2D eigenvalue weighted by Crippen LogP contribution is 2.49. The van der Waals surface area contributed by atoms with Gasteiger partial charge in [0.05, 0.1) is 17.9 Å². The Morgan fingerprint density at radius 1 is 1.05 bits per heavy atom. The lowest BCUT2D eigenvalue weighted by molar-refractivity contribution is -0.243. The van der Waals surface area contributed by atoms with E-state index in [0.29, 0.717) is 43.5 Å². The van der Waals surface area contributed by atoms with Crippen LogP contribution in [0.1, 0.15) is 131 Å². The van der Waals surface area contributed by atoms with E-state index >= 15 is 0 Å². The van der Waals surface area contributed by atoms with Crippen LogP contribution < -0.4 is 25.2 Å². The first kappa shape index (κ1) is 52.7. The van der Waals surface area contributed by atoms with E-state index in [1.165, 1.54) is 0 Å².